The van der Waals surface area contributed by atoms with E-state index in [0.717, 1.165) is 26.9 Å². The van der Waals surface area contributed by atoms with E-state index in [2.05, 4.69) is 9.97 Å². The largest absolute Gasteiger partial charge is 0.368 e. The molecule has 0 bridgehead atoms. The summed E-state index contributed by atoms with van der Waals surface area (Å²) in [7, 11) is 0. The topological polar surface area (TPSA) is 73.8 Å². The second-order valence-corrected chi connectivity index (χ2v) is 6.38. The Morgan fingerprint density at radius 3 is 2.79 bits per heavy atom. The Labute approximate surface area is 142 Å². The summed E-state index contributed by atoms with van der Waals surface area (Å²) in [5, 5.41) is 2.89. The standard InChI is InChI=1S/C18H14N4OS/c1-11-7-9-24-16(11)17(23)22-10-13(12-4-2-3-5-15(12)22)14-6-8-20-18(19)21-14/h2-10H,1H3,(H2,19,20,21). The van der Waals surface area contributed by atoms with E-state index in [-0.39, 0.29) is 11.9 Å². The summed E-state index contributed by atoms with van der Waals surface area (Å²) < 4.78 is 1.68. The van der Waals surface area contributed by atoms with Crippen molar-refractivity contribution < 1.29 is 4.79 Å². The van der Waals surface area contributed by atoms with Gasteiger partial charge in [-0.1, -0.05) is 18.2 Å². The van der Waals surface area contributed by atoms with Crippen molar-refractivity contribution in [3.8, 4) is 11.3 Å². The molecule has 0 spiro atoms. The normalized spacial score (nSPS) is 11.0. The Morgan fingerprint density at radius 1 is 1.21 bits per heavy atom. The van der Waals surface area contributed by atoms with Gasteiger partial charge in [0, 0.05) is 23.3 Å². The van der Waals surface area contributed by atoms with Crippen LogP contribution in [0.4, 0.5) is 5.95 Å². The highest BCUT2D eigenvalue weighted by molar-refractivity contribution is 7.12. The Kier molecular flexibility index (Phi) is 3.39. The quantitative estimate of drug-likeness (QED) is 0.606. The molecule has 0 fully saturated rings. The molecule has 2 N–H and O–H groups in total. The van der Waals surface area contributed by atoms with Gasteiger partial charge in [0.05, 0.1) is 16.1 Å². The Bertz CT molecular complexity index is 1060. The maximum atomic E-state index is 13.0. The second-order valence-electron chi connectivity index (χ2n) is 5.47. The van der Waals surface area contributed by atoms with E-state index in [9.17, 15) is 4.79 Å². The van der Waals surface area contributed by atoms with Gasteiger partial charge in [-0.3, -0.25) is 9.36 Å². The summed E-state index contributed by atoms with van der Waals surface area (Å²) in [6, 6.07) is 11.5. The number of nitrogens with zero attached hydrogens (tertiary/aromatic N) is 3. The van der Waals surface area contributed by atoms with Crippen molar-refractivity contribution in [3.05, 3.63) is 64.6 Å². The molecule has 5 nitrogen and oxygen atoms in total. The zero-order chi connectivity index (χ0) is 16.7. The number of rotatable bonds is 2. The third kappa shape index (κ3) is 2.28. The molecular formula is C18H14N4OS. The number of aromatic nitrogens is 3. The van der Waals surface area contributed by atoms with Gasteiger partial charge >= 0.3 is 0 Å². The number of hydrogen-bond acceptors (Lipinski definition) is 5. The first-order valence-electron chi connectivity index (χ1n) is 7.43. The number of carbonyl (C=O) groups excluding carboxylic acids is 1. The van der Waals surface area contributed by atoms with Crippen LogP contribution in [0.5, 0.6) is 0 Å². The molecule has 3 heterocycles. The second kappa shape index (κ2) is 5.58. The van der Waals surface area contributed by atoms with Crippen LogP contribution in [0.2, 0.25) is 0 Å². The van der Waals surface area contributed by atoms with E-state index in [1.165, 1.54) is 11.3 Å². The molecule has 0 amide bonds. The number of fused-ring (bicyclic) bond motifs is 1. The number of hydrogen-bond donors (Lipinski definition) is 1. The lowest BCUT2D eigenvalue weighted by atomic mass is 10.1. The summed E-state index contributed by atoms with van der Waals surface area (Å²) in [4.78, 5) is 21.9. The van der Waals surface area contributed by atoms with Crippen molar-refractivity contribution in [1.29, 1.82) is 0 Å². The van der Waals surface area contributed by atoms with Gasteiger partial charge in [-0.25, -0.2) is 9.97 Å². The lowest BCUT2D eigenvalue weighted by Gasteiger charge is -2.02. The highest BCUT2D eigenvalue weighted by Crippen LogP contribution is 2.31. The van der Waals surface area contributed by atoms with Gasteiger partial charge in [0.25, 0.3) is 5.91 Å². The van der Waals surface area contributed by atoms with Gasteiger partial charge in [-0.05, 0) is 36.1 Å². The Morgan fingerprint density at radius 2 is 2.04 bits per heavy atom. The minimum atomic E-state index is -0.0352. The van der Waals surface area contributed by atoms with Crippen LogP contribution in [0.3, 0.4) is 0 Å². The molecule has 0 radical (unpaired) electrons. The van der Waals surface area contributed by atoms with E-state index in [1.54, 1.807) is 16.8 Å². The van der Waals surface area contributed by atoms with Crippen LogP contribution in [0.25, 0.3) is 22.2 Å². The minimum absolute atomic E-state index is 0.0352. The zero-order valence-corrected chi connectivity index (χ0v) is 13.7. The van der Waals surface area contributed by atoms with Gasteiger partial charge in [0.1, 0.15) is 0 Å². The molecule has 0 aliphatic carbocycles. The van der Waals surface area contributed by atoms with E-state index in [0.29, 0.717) is 5.69 Å². The zero-order valence-electron chi connectivity index (χ0n) is 12.9. The summed E-state index contributed by atoms with van der Waals surface area (Å²) in [5.74, 6) is 0.178. The number of aryl methyl sites for hydroxylation is 1. The first-order valence-corrected chi connectivity index (χ1v) is 8.31. The molecule has 24 heavy (non-hydrogen) atoms. The predicted molar refractivity (Wildman–Crippen MR) is 96.2 cm³/mol. The predicted octanol–water partition coefficient (Wildman–Crippen LogP) is 3.74. The summed E-state index contributed by atoms with van der Waals surface area (Å²) in [6.07, 6.45) is 3.45. The summed E-state index contributed by atoms with van der Waals surface area (Å²) >= 11 is 1.45. The van der Waals surface area contributed by atoms with Crippen molar-refractivity contribution in [2.75, 3.05) is 5.73 Å². The lowest BCUT2D eigenvalue weighted by Crippen LogP contribution is -2.10. The Hall–Kier alpha value is -2.99. The van der Waals surface area contributed by atoms with Crippen molar-refractivity contribution in [1.82, 2.24) is 14.5 Å². The smallest absolute Gasteiger partial charge is 0.272 e. The third-order valence-electron chi connectivity index (χ3n) is 3.94. The fourth-order valence-corrected chi connectivity index (χ4v) is 3.64. The summed E-state index contributed by atoms with van der Waals surface area (Å²) in [5.41, 5.74) is 9.11. The number of para-hydroxylation sites is 1. The third-order valence-corrected chi connectivity index (χ3v) is 4.94. The molecule has 1 aromatic carbocycles. The maximum Gasteiger partial charge on any atom is 0.272 e. The monoisotopic (exact) mass is 334 g/mol. The van der Waals surface area contributed by atoms with Crippen LogP contribution < -0.4 is 5.73 Å². The summed E-state index contributed by atoms with van der Waals surface area (Å²) in [6.45, 7) is 1.95. The number of carbonyl (C=O) groups is 1. The van der Waals surface area contributed by atoms with E-state index in [1.807, 2.05) is 48.8 Å². The van der Waals surface area contributed by atoms with E-state index in [4.69, 9.17) is 5.73 Å². The highest BCUT2D eigenvalue weighted by atomic mass is 32.1. The van der Waals surface area contributed by atoms with Crippen LogP contribution in [-0.4, -0.2) is 20.4 Å². The maximum absolute atomic E-state index is 13.0. The van der Waals surface area contributed by atoms with Crippen LogP contribution in [-0.2, 0) is 0 Å². The Balaban J connectivity index is 1.95. The van der Waals surface area contributed by atoms with Gasteiger partial charge in [0.15, 0.2) is 0 Å². The first kappa shape index (κ1) is 14.6. The number of anilines is 1. The molecule has 0 aliphatic heterocycles. The molecule has 0 atom stereocenters. The fraction of sp³-hybridized carbons (Fsp3) is 0.0556. The van der Waals surface area contributed by atoms with Gasteiger partial charge in [-0.2, -0.15) is 0 Å². The highest BCUT2D eigenvalue weighted by Gasteiger charge is 2.18. The molecule has 0 aliphatic rings. The molecule has 4 aromatic rings. The molecule has 0 saturated heterocycles. The average molecular weight is 334 g/mol. The minimum Gasteiger partial charge on any atom is -0.368 e. The first-order chi connectivity index (χ1) is 11.6. The van der Waals surface area contributed by atoms with Crippen LogP contribution in [0.1, 0.15) is 15.2 Å². The van der Waals surface area contributed by atoms with Gasteiger partial charge < -0.3 is 5.73 Å². The van der Waals surface area contributed by atoms with E-state index >= 15 is 0 Å². The number of benzene rings is 1. The van der Waals surface area contributed by atoms with Crippen LogP contribution in [0, 0.1) is 6.92 Å². The van der Waals surface area contributed by atoms with Crippen molar-refractivity contribution in [3.63, 3.8) is 0 Å². The molecule has 4 rings (SSSR count). The SMILES string of the molecule is Cc1ccsc1C(=O)n1cc(-c2ccnc(N)n2)c2ccccc21. The molecule has 0 saturated carbocycles. The van der Waals surface area contributed by atoms with Crippen LogP contribution >= 0.6 is 11.3 Å². The van der Waals surface area contributed by atoms with Crippen molar-refractivity contribution in [2.45, 2.75) is 6.92 Å². The molecule has 118 valence electrons. The molecular weight excluding hydrogens is 320 g/mol. The molecule has 0 unspecified atom stereocenters. The van der Waals surface area contributed by atoms with Crippen molar-refractivity contribution in [2.24, 2.45) is 0 Å². The van der Waals surface area contributed by atoms with Crippen LogP contribution in [0.15, 0.2) is 54.2 Å². The van der Waals surface area contributed by atoms with Crippen molar-refractivity contribution >= 4 is 34.1 Å². The fourth-order valence-electron chi connectivity index (χ4n) is 2.78. The number of thiophene rings is 1. The average Bonchev–Trinajstić information content (AvgIpc) is 3.18. The van der Waals surface area contributed by atoms with E-state index < -0.39 is 0 Å². The molecule has 3 aromatic heterocycles. The number of nitrogens with two attached hydrogens (primary N) is 1. The lowest BCUT2D eigenvalue weighted by molar-refractivity contribution is 0.0968. The van der Waals surface area contributed by atoms with Gasteiger partial charge in [0.2, 0.25) is 5.95 Å². The van der Waals surface area contributed by atoms with Gasteiger partial charge in [-0.15, -0.1) is 11.3 Å². The number of nitrogen functional groups attached to an aromatic ring is 1. The molecule has 6 heteroatoms.